The zero-order valence-corrected chi connectivity index (χ0v) is 28.2. The Kier molecular flexibility index (Phi) is 7.69. The normalized spacial score (nSPS) is 25.9. The molecule has 4 aromatic rings. The van der Waals surface area contributed by atoms with E-state index in [1.165, 1.54) is 17.9 Å². The predicted molar refractivity (Wildman–Crippen MR) is 179 cm³/mol. The quantitative estimate of drug-likeness (QED) is 0.0874. The van der Waals surface area contributed by atoms with E-state index in [4.69, 9.17) is 21.3 Å². The first-order valence-electron chi connectivity index (χ1n) is 14.7. The van der Waals surface area contributed by atoms with E-state index in [-0.39, 0.29) is 56.5 Å². The van der Waals surface area contributed by atoms with Gasteiger partial charge in [-0.25, -0.2) is 9.78 Å². The summed E-state index contributed by atoms with van der Waals surface area (Å²) >= 11 is 13.5. The van der Waals surface area contributed by atoms with E-state index in [0.717, 1.165) is 12.0 Å². The molecule has 7 nitrogen and oxygen atoms in total. The summed E-state index contributed by atoms with van der Waals surface area (Å²) in [6, 6.07) is 20.8. The van der Waals surface area contributed by atoms with Gasteiger partial charge in [-0.05, 0) is 74.6 Å². The first-order chi connectivity index (χ1) is 21.5. The first-order valence-corrected chi connectivity index (χ1v) is 16.9. The van der Waals surface area contributed by atoms with Gasteiger partial charge in [-0.1, -0.05) is 79.4 Å². The number of halogens is 3. The van der Waals surface area contributed by atoms with Crippen LogP contribution < -0.4 is 4.90 Å². The Hall–Kier alpha value is -3.40. The second-order valence-electron chi connectivity index (χ2n) is 12.1. The number of rotatable bonds is 6. The van der Waals surface area contributed by atoms with E-state index < -0.39 is 12.1 Å². The van der Waals surface area contributed by atoms with Crippen molar-refractivity contribution < 1.29 is 23.9 Å². The van der Waals surface area contributed by atoms with Crippen LogP contribution in [-0.4, -0.2) is 44.3 Å². The Morgan fingerprint density at radius 1 is 0.933 bits per heavy atom. The molecule has 1 saturated heterocycles. The summed E-state index contributed by atoms with van der Waals surface area (Å²) in [5, 5.41) is 1.02. The summed E-state index contributed by atoms with van der Waals surface area (Å²) in [6.07, 6.45) is -0.173. The fourth-order valence-electron chi connectivity index (χ4n) is 7.19. The highest BCUT2D eigenvalue weighted by Crippen LogP contribution is 2.60. The van der Waals surface area contributed by atoms with Gasteiger partial charge in [0.2, 0.25) is 17.6 Å². The number of hydrogen-bond acceptors (Lipinski definition) is 6. The molecule has 2 saturated carbocycles. The summed E-state index contributed by atoms with van der Waals surface area (Å²) in [5.74, 6) is -1.62. The summed E-state index contributed by atoms with van der Waals surface area (Å²) in [4.78, 5) is 60.0. The van der Waals surface area contributed by atoms with Gasteiger partial charge >= 0.3 is 5.97 Å². The lowest BCUT2D eigenvalue weighted by atomic mass is 9.81. The fourth-order valence-corrected chi connectivity index (χ4v) is 9.26. The number of amides is 2. The smallest absolute Gasteiger partial charge is 0.339 e. The summed E-state index contributed by atoms with van der Waals surface area (Å²) in [7, 11) is 0. The molecule has 10 heteroatoms. The average Bonchev–Trinajstić information content (AvgIpc) is 3.64. The third kappa shape index (κ3) is 5.04. The van der Waals surface area contributed by atoms with E-state index in [1.54, 1.807) is 48.5 Å². The number of pyridine rings is 1. The molecule has 3 aliphatic rings. The minimum absolute atomic E-state index is 0.136. The molecule has 0 radical (unpaired) electrons. The number of hydrogen-bond donors (Lipinski definition) is 0. The van der Waals surface area contributed by atoms with Gasteiger partial charge in [0, 0.05) is 31.2 Å². The van der Waals surface area contributed by atoms with E-state index in [0.29, 0.717) is 38.4 Å². The van der Waals surface area contributed by atoms with Crippen molar-refractivity contribution in [2.24, 2.45) is 23.7 Å². The lowest BCUT2D eigenvalue weighted by Crippen LogP contribution is -2.37. The minimum Gasteiger partial charge on any atom is -0.451 e. The van der Waals surface area contributed by atoms with Crippen LogP contribution in [0.5, 0.6) is 0 Å². The average molecular weight is 751 g/mol. The van der Waals surface area contributed by atoms with Crippen LogP contribution in [0.1, 0.15) is 39.6 Å². The number of Topliss-reactive ketones (excluding diaryl/α,β-unsaturated/α-hetero) is 1. The molecule has 3 aromatic carbocycles. The molecular formula is C35H27Br2ClN2O5. The van der Waals surface area contributed by atoms with Crippen molar-refractivity contribution in [3.05, 3.63) is 94.5 Å². The SMILES string of the molecule is Cc1ccc2nc(-c3ccc(N4C(=O)C5C6CC(C(Br)C6Br)C5C4=O)cc3)cc(C(=O)OC(C)C(=O)c3cccc(Cl)c3)c2c1. The van der Waals surface area contributed by atoms with Crippen molar-refractivity contribution in [3.8, 4) is 11.3 Å². The van der Waals surface area contributed by atoms with E-state index in [2.05, 4.69) is 31.9 Å². The molecule has 3 fully saturated rings. The van der Waals surface area contributed by atoms with E-state index in [1.807, 2.05) is 25.1 Å². The molecule has 2 amide bonds. The Morgan fingerprint density at radius 3 is 2.24 bits per heavy atom. The number of carbonyl (C=O) groups is 4. The van der Waals surface area contributed by atoms with Gasteiger partial charge in [0.25, 0.3) is 0 Å². The maximum absolute atomic E-state index is 13.6. The minimum atomic E-state index is -1.04. The fraction of sp³-hybridized carbons (Fsp3) is 0.286. The van der Waals surface area contributed by atoms with Crippen molar-refractivity contribution in [3.63, 3.8) is 0 Å². The zero-order chi connectivity index (χ0) is 31.7. The number of ether oxygens (including phenoxy) is 1. The topological polar surface area (TPSA) is 93.6 Å². The van der Waals surface area contributed by atoms with Crippen molar-refractivity contribution in [2.45, 2.75) is 36.0 Å². The van der Waals surface area contributed by atoms with Gasteiger partial charge in [-0.2, -0.15) is 0 Å². The van der Waals surface area contributed by atoms with Crippen molar-refractivity contribution >= 4 is 83.6 Å². The number of benzene rings is 3. The summed E-state index contributed by atoms with van der Waals surface area (Å²) in [6.45, 7) is 3.45. The highest BCUT2D eigenvalue weighted by atomic mass is 79.9. The molecule has 1 aromatic heterocycles. The highest BCUT2D eigenvalue weighted by Gasteiger charge is 2.66. The lowest BCUT2D eigenvalue weighted by molar-refractivity contribution is -0.123. The monoisotopic (exact) mass is 748 g/mol. The number of alkyl halides is 2. The Balaban J connectivity index is 1.18. The van der Waals surface area contributed by atoms with Crippen LogP contribution in [0.25, 0.3) is 22.2 Å². The molecule has 7 unspecified atom stereocenters. The molecule has 7 atom stereocenters. The first kappa shape index (κ1) is 30.3. The van der Waals surface area contributed by atoms with Crippen LogP contribution in [-0.2, 0) is 14.3 Å². The van der Waals surface area contributed by atoms with Crippen LogP contribution in [0.15, 0.2) is 72.8 Å². The molecule has 228 valence electrons. The van der Waals surface area contributed by atoms with Gasteiger partial charge in [0.1, 0.15) is 0 Å². The number of aromatic nitrogens is 1. The molecular weight excluding hydrogens is 724 g/mol. The molecule has 2 bridgehead atoms. The maximum atomic E-state index is 13.6. The number of esters is 1. The predicted octanol–water partition coefficient (Wildman–Crippen LogP) is 7.57. The second kappa shape index (κ2) is 11.4. The van der Waals surface area contributed by atoms with Crippen molar-refractivity contribution in [1.82, 2.24) is 4.98 Å². The van der Waals surface area contributed by atoms with Gasteiger partial charge < -0.3 is 4.74 Å². The number of imide groups is 1. The Morgan fingerprint density at radius 2 is 1.60 bits per heavy atom. The van der Waals surface area contributed by atoms with Crippen LogP contribution in [0.4, 0.5) is 5.69 Å². The highest BCUT2D eigenvalue weighted by molar-refractivity contribution is 9.12. The van der Waals surface area contributed by atoms with Gasteiger partial charge in [-0.3, -0.25) is 19.3 Å². The molecule has 45 heavy (non-hydrogen) atoms. The number of aryl methyl sites for hydroxylation is 1. The van der Waals surface area contributed by atoms with Crippen LogP contribution in [0.2, 0.25) is 5.02 Å². The van der Waals surface area contributed by atoms with E-state index >= 15 is 0 Å². The molecule has 7 rings (SSSR count). The zero-order valence-electron chi connectivity index (χ0n) is 24.2. The molecule has 2 heterocycles. The van der Waals surface area contributed by atoms with Gasteiger partial charge in [0.15, 0.2) is 6.10 Å². The van der Waals surface area contributed by atoms with Crippen LogP contribution in [0, 0.1) is 30.6 Å². The second-order valence-corrected chi connectivity index (χ2v) is 14.6. The number of ketones is 1. The Labute approximate surface area is 281 Å². The standard InChI is InChI=1S/C35H27Br2ClN2O5/c1-16-6-11-26-22(12-16)23(35(44)45-17(2)32(41)19-4-3-5-20(38)13-19)15-27(39-26)18-7-9-21(10-8-18)40-33(42)28-24-14-25(29(28)34(40)43)31(37)30(24)36/h3-13,15,17,24-25,28-31H,14H2,1-2H3. The molecule has 1 aliphatic heterocycles. The maximum Gasteiger partial charge on any atom is 0.339 e. The summed E-state index contributed by atoms with van der Waals surface area (Å²) < 4.78 is 5.67. The number of fused-ring (bicyclic) bond motifs is 6. The number of anilines is 1. The lowest BCUT2D eigenvalue weighted by Gasteiger charge is -2.28. The number of nitrogens with zero attached hydrogens (tertiary/aromatic N) is 2. The number of carbonyl (C=O) groups excluding carboxylic acids is 4. The third-order valence-corrected chi connectivity index (χ3v) is 12.8. The van der Waals surface area contributed by atoms with Crippen molar-refractivity contribution in [2.75, 3.05) is 4.90 Å². The van der Waals surface area contributed by atoms with Crippen LogP contribution >= 0.6 is 43.5 Å². The molecule has 0 spiro atoms. The molecule has 0 N–H and O–H groups in total. The Bertz CT molecular complexity index is 1880. The summed E-state index contributed by atoms with van der Waals surface area (Å²) in [5.41, 5.74) is 3.87. The van der Waals surface area contributed by atoms with Gasteiger partial charge in [0.05, 0.1) is 34.3 Å². The van der Waals surface area contributed by atoms with Gasteiger partial charge in [-0.15, -0.1) is 0 Å². The third-order valence-electron chi connectivity index (χ3n) is 9.35. The van der Waals surface area contributed by atoms with E-state index in [9.17, 15) is 19.2 Å². The molecule has 2 aliphatic carbocycles. The van der Waals surface area contributed by atoms with Crippen molar-refractivity contribution in [1.29, 1.82) is 0 Å². The largest absolute Gasteiger partial charge is 0.451 e. The van der Waals surface area contributed by atoms with Crippen LogP contribution in [0.3, 0.4) is 0 Å².